The summed E-state index contributed by atoms with van der Waals surface area (Å²) in [5, 5.41) is 0. The van der Waals surface area contributed by atoms with Gasteiger partial charge in [-0.3, -0.25) is 4.79 Å². The first-order chi connectivity index (χ1) is 13.9. The first-order valence-electron chi connectivity index (χ1n) is 9.77. The molecule has 1 aliphatic rings. The van der Waals surface area contributed by atoms with Crippen LogP contribution in [0.5, 0.6) is 0 Å². The van der Waals surface area contributed by atoms with E-state index in [4.69, 9.17) is 23.7 Å². The van der Waals surface area contributed by atoms with Crippen LogP contribution < -0.4 is 0 Å². The number of rotatable bonds is 2. The maximum absolute atomic E-state index is 12.6. The minimum atomic E-state index is -0.0601. The van der Waals surface area contributed by atoms with Gasteiger partial charge in [0.15, 0.2) is 0 Å². The third-order valence-electron chi connectivity index (χ3n) is 4.03. The van der Waals surface area contributed by atoms with Crippen LogP contribution in [0.4, 0.5) is 0 Å². The minimum Gasteiger partial charge on any atom is -0.377 e. The number of hydrogen-bond donors (Lipinski definition) is 0. The SMILES string of the molecule is O=C(/C=C/c1ccccc1)N1CCOCCOCCOCCOCCOCC1. The van der Waals surface area contributed by atoms with E-state index in [1.165, 1.54) is 0 Å². The Morgan fingerprint density at radius 2 is 1.11 bits per heavy atom. The highest BCUT2D eigenvalue weighted by molar-refractivity contribution is 5.91. The first-order valence-corrected chi connectivity index (χ1v) is 9.77. The molecule has 1 aliphatic heterocycles. The lowest BCUT2D eigenvalue weighted by Gasteiger charge is -2.21. The number of amides is 1. The van der Waals surface area contributed by atoms with E-state index in [1.54, 1.807) is 11.0 Å². The van der Waals surface area contributed by atoms with Gasteiger partial charge in [-0.15, -0.1) is 0 Å². The van der Waals surface area contributed by atoms with Crippen molar-refractivity contribution in [2.45, 2.75) is 0 Å². The van der Waals surface area contributed by atoms with Crippen molar-refractivity contribution in [3.63, 3.8) is 0 Å². The Kier molecular flexibility index (Phi) is 12.2. The van der Waals surface area contributed by atoms with Crippen LogP contribution in [0.3, 0.4) is 0 Å². The molecule has 0 atom stereocenters. The van der Waals surface area contributed by atoms with Gasteiger partial charge in [-0.1, -0.05) is 30.3 Å². The zero-order valence-corrected chi connectivity index (χ0v) is 16.4. The van der Waals surface area contributed by atoms with Crippen molar-refractivity contribution in [3.8, 4) is 0 Å². The largest absolute Gasteiger partial charge is 0.377 e. The Hall–Kier alpha value is -1.77. The molecule has 1 aromatic rings. The molecule has 1 saturated heterocycles. The van der Waals surface area contributed by atoms with Crippen molar-refractivity contribution in [2.24, 2.45) is 0 Å². The maximum atomic E-state index is 12.6. The van der Waals surface area contributed by atoms with E-state index in [9.17, 15) is 4.79 Å². The highest BCUT2D eigenvalue weighted by atomic mass is 16.6. The first kappa shape index (κ1) is 22.5. The summed E-state index contributed by atoms with van der Waals surface area (Å²) in [6.07, 6.45) is 3.41. The molecule has 0 N–H and O–H groups in total. The molecule has 0 bridgehead atoms. The monoisotopic (exact) mass is 393 g/mol. The van der Waals surface area contributed by atoms with Crippen molar-refractivity contribution >= 4 is 12.0 Å². The van der Waals surface area contributed by atoms with Crippen LogP contribution in [0.25, 0.3) is 6.08 Å². The second-order valence-corrected chi connectivity index (χ2v) is 6.13. The van der Waals surface area contributed by atoms with Crippen LogP contribution in [-0.2, 0) is 28.5 Å². The van der Waals surface area contributed by atoms with E-state index in [0.29, 0.717) is 79.2 Å². The number of nitrogens with zero attached hydrogens (tertiary/aromatic N) is 1. The Labute approximate surface area is 167 Å². The van der Waals surface area contributed by atoms with Gasteiger partial charge in [0.25, 0.3) is 0 Å². The van der Waals surface area contributed by atoms with E-state index in [0.717, 1.165) is 5.56 Å². The molecule has 0 aliphatic carbocycles. The zero-order valence-electron chi connectivity index (χ0n) is 16.4. The molecule has 1 heterocycles. The Bertz CT molecular complexity index is 533. The van der Waals surface area contributed by atoms with Gasteiger partial charge in [-0.25, -0.2) is 0 Å². The second kappa shape index (κ2) is 15.2. The molecule has 156 valence electrons. The number of hydrogen-bond acceptors (Lipinski definition) is 6. The predicted molar refractivity (Wildman–Crippen MR) is 106 cm³/mol. The summed E-state index contributed by atoms with van der Waals surface area (Å²) < 4.78 is 27.4. The standard InChI is InChI=1S/C21H31NO6/c23-21(7-6-20-4-2-1-3-5-20)22-8-10-24-12-14-26-16-18-28-19-17-27-15-13-25-11-9-22/h1-7H,8-19H2/b7-6+. The molecular formula is C21H31NO6. The lowest BCUT2D eigenvalue weighted by atomic mass is 10.2. The molecule has 1 amide bonds. The van der Waals surface area contributed by atoms with Crippen LogP contribution in [0.1, 0.15) is 5.56 Å². The third-order valence-corrected chi connectivity index (χ3v) is 4.03. The topological polar surface area (TPSA) is 66.5 Å². The molecule has 0 spiro atoms. The molecule has 7 nitrogen and oxygen atoms in total. The normalized spacial score (nSPS) is 19.8. The molecule has 0 unspecified atom stereocenters. The zero-order chi connectivity index (χ0) is 19.7. The van der Waals surface area contributed by atoms with Gasteiger partial charge in [-0.2, -0.15) is 0 Å². The predicted octanol–water partition coefficient (Wildman–Crippen LogP) is 1.63. The van der Waals surface area contributed by atoms with Gasteiger partial charge >= 0.3 is 0 Å². The van der Waals surface area contributed by atoms with Crippen molar-refractivity contribution in [1.82, 2.24) is 4.90 Å². The van der Waals surface area contributed by atoms with E-state index in [2.05, 4.69) is 0 Å². The average molecular weight is 393 g/mol. The lowest BCUT2D eigenvalue weighted by molar-refractivity contribution is -0.127. The van der Waals surface area contributed by atoms with Crippen LogP contribution >= 0.6 is 0 Å². The van der Waals surface area contributed by atoms with Gasteiger partial charge < -0.3 is 28.6 Å². The van der Waals surface area contributed by atoms with Crippen molar-refractivity contribution in [3.05, 3.63) is 42.0 Å². The molecule has 2 rings (SSSR count). The van der Waals surface area contributed by atoms with Gasteiger partial charge in [0, 0.05) is 19.2 Å². The number of benzene rings is 1. The van der Waals surface area contributed by atoms with Gasteiger partial charge in [-0.05, 0) is 11.6 Å². The average Bonchev–Trinajstić information content (AvgIpc) is 2.72. The molecular weight excluding hydrogens is 362 g/mol. The molecule has 7 heteroatoms. The summed E-state index contributed by atoms with van der Waals surface area (Å²) in [5.41, 5.74) is 0.989. The molecule has 0 aromatic heterocycles. The molecule has 0 saturated carbocycles. The highest BCUT2D eigenvalue weighted by Gasteiger charge is 2.10. The number of carbonyl (C=O) groups is 1. The van der Waals surface area contributed by atoms with E-state index < -0.39 is 0 Å². The van der Waals surface area contributed by atoms with Gasteiger partial charge in [0.2, 0.25) is 5.91 Å². The molecule has 0 radical (unpaired) electrons. The summed E-state index contributed by atoms with van der Waals surface area (Å²) in [6, 6.07) is 9.75. The van der Waals surface area contributed by atoms with E-state index in [-0.39, 0.29) is 5.91 Å². The van der Waals surface area contributed by atoms with Crippen molar-refractivity contribution in [1.29, 1.82) is 0 Å². The van der Waals surface area contributed by atoms with Crippen LogP contribution in [-0.4, -0.2) is 90.0 Å². The smallest absolute Gasteiger partial charge is 0.246 e. The summed E-state index contributed by atoms with van der Waals surface area (Å²) in [7, 11) is 0. The summed E-state index contributed by atoms with van der Waals surface area (Å²) in [5.74, 6) is -0.0601. The van der Waals surface area contributed by atoms with Gasteiger partial charge in [0.1, 0.15) is 0 Å². The third kappa shape index (κ3) is 10.5. The second-order valence-electron chi connectivity index (χ2n) is 6.13. The summed E-state index contributed by atoms with van der Waals surface area (Å²) in [6.45, 7) is 6.02. The lowest BCUT2D eigenvalue weighted by Crippen LogP contribution is -2.36. The van der Waals surface area contributed by atoms with Crippen LogP contribution in [0.15, 0.2) is 36.4 Å². The maximum Gasteiger partial charge on any atom is 0.246 e. The van der Waals surface area contributed by atoms with E-state index >= 15 is 0 Å². The Balaban J connectivity index is 1.81. The van der Waals surface area contributed by atoms with Crippen molar-refractivity contribution in [2.75, 3.05) is 79.2 Å². The molecule has 1 fully saturated rings. The fourth-order valence-corrected chi connectivity index (χ4v) is 2.50. The summed E-state index contributed by atoms with van der Waals surface area (Å²) in [4.78, 5) is 14.3. The fraction of sp³-hybridized carbons (Fsp3) is 0.571. The molecule has 1 aromatic carbocycles. The summed E-state index contributed by atoms with van der Waals surface area (Å²) >= 11 is 0. The minimum absolute atomic E-state index is 0.0601. The Morgan fingerprint density at radius 3 is 1.57 bits per heavy atom. The quantitative estimate of drug-likeness (QED) is 0.712. The highest BCUT2D eigenvalue weighted by Crippen LogP contribution is 2.02. The molecule has 28 heavy (non-hydrogen) atoms. The van der Waals surface area contributed by atoms with Crippen molar-refractivity contribution < 1.29 is 28.5 Å². The Morgan fingerprint density at radius 1 is 0.679 bits per heavy atom. The van der Waals surface area contributed by atoms with Gasteiger partial charge in [0.05, 0.1) is 66.1 Å². The number of carbonyl (C=O) groups excluding carboxylic acids is 1. The van der Waals surface area contributed by atoms with Crippen LogP contribution in [0.2, 0.25) is 0 Å². The van der Waals surface area contributed by atoms with E-state index in [1.807, 2.05) is 36.4 Å². The van der Waals surface area contributed by atoms with Crippen LogP contribution in [0, 0.1) is 0 Å². The number of ether oxygens (including phenoxy) is 5. The fourth-order valence-electron chi connectivity index (χ4n) is 2.50.